The van der Waals surface area contributed by atoms with Crippen LogP contribution in [0.25, 0.3) is 10.1 Å². The van der Waals surface area contributed by atoms with Crippen molar-refractivity contribution in [2.75, 3.05) is 0 Å². The number of thiophene rings is 1. The topological polar surface area (TPSA) is 46.5 Å². The normalized spacial score (nSPS) is 14.8. The van der Waals surface area contributed by atoms with Crippen LogP contribution in [0.4, 0.5) is 0 Å². The van der Waals surface area contributed by atoms with Gasteiger partial charge in [-0.1, -0.05) is 51.9 Å². The van der Waals surface area contributed by atoms with E-state index in [1.165, 1.54) is 78.3 Å². The molecule has 1 aliphatic carbocycles. The second-order valence-electron chi connectivity index (χ2n) is 8.08. The molecule has 4 heteroatoms. The first-order valence-electron chi connectivity index (χ1n) is 11.1. The van der Waals surface area contributed by atoms with E-state index in [9.17, 15) is 9.90 Å². The summed E-state index contributed by atoms with van der Waals surface area (Å²) < 4.78 is 7.21. The third-order valence-electron chi connectivity index (χ3n) is 5.80. The van der Waals surface area contributed by atoms with Crippen LogP contribution in [0.3, 0.4) is 0 Å². The third-order valence-corrected chi connectivity index (χ3v) is 7.07. The van der Waals surface area contributed by atoms with Gasteiger partial charge in [0, 0.05) is 9.58 Å². The molecular formula is C24H34O3S. The van der Waals surface area contributed by atoms with Crippen LogP contribution in [0, 0.1) is 0 Å². The standard InChI is InChI=1S/C24H34O3S/c1-2-3-4-5-6-7-8-9-13-21(24(25)26)27-18-15-16-23-20(17-18)19-12-10-11-14-22(19)28-23/h15-17,21H,2-14H2,1H3,(H,25,26). The lowest BCUT2D eigenvalue weighted by Crippen LogP contribution is -2.26. The van der Waals surface area contributed by atoms with Gasteiger partial charge < -0.3 is 9.84 Å². The molecule has 28 heavy (non-hydrogen) atoms. The van der Waals surface area contributed by atoms with E-state index in [4.69, 9.17) is 4.74 Å². The average molecular weight is 403 g/mol. The Bertz CT molecular complexity index is 765. The number of hydrogen-bond acceptors (Lipinski definition) is 3. The van der Waals surface area contributed by atoms with Crippen molar-refractivity contribution in [1.29, 1.82) is 0 Å². The van der Waals surface area contributed by atoms with Gasteiger partial charge in [-0.05, 0) is 67.7 Å². The van der Waals surface area contributed by atoms with Crippen molar-refractivity contribution in [2.45, 2.75) is 96.5 Å². The molecule has 0 radical (unpaired) electrons. The van der Waals surface area contributed by atoms with E-state index >= 15 is 0 Å². The summed E-state index contributed by atoms with van der Waals surface area (Å²) in [6, 6.07) is 6.11. The molecule has 1 aliphatic rings. The number of rotatable bonds is 12. The van der Waals surface area contributed by atoms with Crippen LogP contribution in [0.2, 0.25) is 0 Å². The summed E-state index contributed by atoms with van der Waals surface area (Å²) in [5.74, 6) is -0.152. The van der Waals surface area contributed by atoms with Crippen LogP contribution in [0.15, 0.2) is 18.2 Å². The fraction of sp³-hybridized carbons (Fsp3) is 0.625. The number of fused-ring (bicyclic) bond motifs is 3. The number of carboxylic acid groups (broad SMARTS) is 1. The third kappa shape index (κ3) is 5.73. The molecular weight excluding hydrogens is 368 g/mol. The minimum atomic E-state index is -0.851. The van der Waals surface area contributed by atoms with Crippen LogP contribution in [0.5, 0.6) is 5.75 Å². The lowest BCUT2D eigenvalue weighted by Gasteiger charge is -2.16. The fourth-order valence-corrected chi connectivity index (χ4v) is 5.45. The summed E-state index contributed by atoms with van der Waals surface area (Å²) in [6.07, 6.45) is 14.4. The Labute approximate surface area is 173 Å². The molecule has 3 rings (SSSR count). The summed E-state index contributed by atoms with van der Waals surface area (Å²) in [6.45, 7) is 2.23. The van der Waals surface area contributed by atoms with E-state index in [0.29, 0.717) is 12.2 Å². The van der Waals surface area contributed by atoms with Crippen LogP contribution >= 0.6 is 11.3 Å². The first-order valence-corrected chi connectivity index (χ1v) is 11.9. The molecule has 0 saturated heterocycles. The van der Waals surface area contributed by atoms with E-state index in [1.54, 1.807) is 0 Å². The quantitative estimate of drug-likeness (QED) is 0.384. The van der Waals surface area contributed by atoms with Gasteiger partial charge >= 0.3 is 5.97 Å². The molecule has 0 aliphatic heterocycles. The predicted octanol–water partition coefficient (Wildman–Crippen LogP) is 7.14. The molecule has 1 aromatic heterocycles. The number of hydrogen-bond donors (Lipinski definition) is 1. The zero-order valence-corrected chi connectivity index (χ0v) is 18.0. The smallest absolute Gasteiger partial charge is 0.344 e. The Balaban J connectivity index is 1.52. The molecule has 0 spiro atoms. The predicted molar refractivity (Wildman–Crippen MR) is 118 cm³/mol. The Morgan fingerprint density at radius 1 is 1.07 bits per heavy atom. The van der Waals surface area contributed by atoms with Gasteiger partial charge in [0.2, 0.25) is 0 Å². The maximum atomic E-state index is 11.7. The summed E-state index contributed by atoms with van der Waals surface area (Å²) >= 11 is 1.89. The van der Waals surface area contributed by atoms with E-state index in [1.807, 2.05) is 17.4 Å². The maximum Gasteiger partial charge on any atom is 0.344 e. The Hall–Kier alpha value is -1.55. The number of aryl methyl sites for hydroxylation is 2. The second-order valence-corrected chi connectivity index (χ2v) is 9.21. The van der Waals surface area contributed by atoms with E-state index in [2.05, 4.69) is 19.1 Å². The van der Waals surface area contributed by atoms with Crippen molar-refractivity contribution in [3.63, 3.8) is 0 Å². The number of benzene rings is 1. The van der Waals surface area contributed by atoms with Gasteiger partial charge in [0.15, 0.2) is 6.10 Å². The summed E-state index contributed by atoms with van der Waals surface area (Å²) in [7, 11) is 0. The number of aliphatic carboxylic acids is 1. The molecule has 3 nitrogen and oxygen atoms in total. The average Bonchev–Trinajstić information content (AvgIpc) is 3.07. The SMILES string of the molecule is CCCCCCCCCCC(Oc1ccc2sc3c(c2c1)CCCC3)C(=O)O. The lowest BCUT2D eigenvalue weighted by molar-refractivity contribution is -0.145. The largest absolute Gasteiger partial charge is 0.479 e. The van der Waals surface area contributed by atoms with Crippen molar-refractivity contribution in [3.05, 3.63) is 28.6 Å². The summed E-state index contributed by atoms with van der Waals surface area (Å²) in [5.41, 5.74) is 1.46. The summed E-state index contributed by atoms with van der Waals surface area (Å²) in [5, 5.41) is 10.8. The fourth-order valence-electron chi connectivity index (χ4n) is 4.18. The molecule has 154 valence electrons. The van der Waals surface area contributed by atoms with Gasteiger partial charge in [-0.2, -0.15) is 0 Å². The first kappa shape index (κ1) is 21.2. The Kier molecular flexibility index (Phi) is 8.20. The molecule has 1 atom stereocenters. The van der Waals surface area contributed by atoms with Crippen molar-refractivity contribution in [1.82, 2.24) is 0 Å². The Morgan fingerprint density at radius 2 is 1.79 bits per heavy atom. The highest BCUT2D eigenvalue weighted by Gasteiger charge is 2.21. The molecule has 1 N–H and O–H groups in total. The minimum Gasteiger partial charge on any atom is -0.479 e. The molecule has 0 saturated carbocycles. The van der Waals surface area contributed by atoms with E-state index in [0.717, 1.165) is 19.3 Å². The van der Waals surface area contributed by atoms with Gasteiger partial charge in [-0.25, -0.2) is 4.79 Å². The molecule has 0 amide bonds. The van der Waals surface area contributed by atoms with E-state index in [-0.39, 0.29) is 0 Å². The van der Waals surface area contributed by atoms with Crippen LogP contribution < -0.4 is 4.74 Å². The minimum absolute atomic E-state index is 0.587. The van der Waals surface area contributed by atoms with Crippen molar-refractivity contribution >= 4 is 27.4 Å². The summed E-state index contributed by atoms with van der Waals surface area (Å²) in [4.78, 5) is 13.2. The van der Waals surface area contributed by atoms with Gasteiger partial charge in [0.05, 0.1) is 0 Å². The number of carbonyl (C=O) groups is 1. The Morgan fingerprint density at radius 3 is 2.54 bits per heavy atom. The van der Waals surface area contributed by atoms with Crippen molar-refractivity contribution < 1.29 is 14.6 Å². The highest BCUT2D eigenvalue weighted by molar-refractivity contribution is 7.19. The molecule has 1 unspecified atom stereocenters. The van der Waals surface area contributed by atoms with Crippen LogP contribution in [-0.4, -0.2) is 17.2 Å². The molecule has 1 heterocycles. The lowest BCUT2D eigenvalue weighted by atomic mass is 9.96. The first-order chi connectivity index (χ1) is 13.7. The maximum absolute atomic E-state index is 11.7. The van der Waals surface area contributed by atoms with E-state index < -0.39 is 12.1 Å². The van der Waals surface area contributed by atoms with Crippen molar-refractivity contribution in [2.24, 2.45) is 0 Å². The number of unbranched alkanes of at least 4 members (excludes halogenated alkanes) is 7. The zero-order chi connectivity index (χ0) is 19.8. The van der Waals surface area contributed by atoms with Crippen molar-refractivity contribution in [3.8, 4) is 5.75 Å². The van der Waals surface area contributed by atoms with Gasteiger partial charge in [0.25, 0.3) is 0 Å². The van der Waals surface area contributed by atoms with Gasteiger partial charge in [-0.15, -0.1) is 11.3 Å². The van der Waals surface area contributed by atoms with Crippen LogP contribution in [-0.2, 0) is 17.6 Å². The van der Waals surface area contributed by atoms with Gasteiger partial charge in [-0.3, -0.25) is 0 Å². The highest BCUT2D eigenvalue weighted by atomic mass is 32.1. The number of ether oxygens (including phenoxy) is 1. The highest BCUT2D eigenvalue weighted by Crippen LogP contribution is 2.38. The molecule has 2 aromatic rings. The molecule has 0 fully saturated rings. The second kappa shape index (κ2) is 10.8. The molecule has 1 aromatic carbocycles. The number of carboxylic acids is 1. The molecule has 0 bridgehead atoms. The van der Waals surface area contributed by atoms with Gasteiger partial charge in [0.1, 0.15) is 5.75 Å². The zero-order valence-electron chi connectivity index (χ0n) is 17.2. The van der Waals surface area contributed by atoms with Crippen LogP contribution in [0.1, 0.15) is 88.0 Å². The monoisotopic (exact) mass is 402 g/mol.